The molecule has 0 saturated heterocycles. The Kier molecular flexibility index (Phi) is 6.16. The van der Waals surface area contributed by atoms with Gasteiger partial charge in [-0.1, -0.05) is 127 Å². The van der Waals surface area contributed by atoms with Crippen LogP contribution in [0.2, 0.25) is 0 Å². The zero-order chi connectivity index (χ0) is 33.5. The molecule has 0 fully saturated rings. The van der Waals surface area contributed by atoms with E-state index in [0.717, 1.165) is 22.7 Å². The highest BCUT2D eigenvalue weighted by Crippen LogP contribution is 2.46. The lowest BCUT2D eigenvalue weighted by Gasteiger charge is -2.27. The fourth-order valence-electron chi connectivity index (χ4n) is 8.27. The van der Waals surface area contributed by atoms with E-state index in [4.69, 9.17) is 0 Å². The number of fused-ring (bicyclic) bond motifs is 11. The van der Waals surface area contributed by atoms with Gasteiger partial charge in [-0.25, -0.2) is 0 Å². The lowest BCUT2D eigenvalue weighted by atomic mass is 9.96. The van der Waals surface area contributed by atoms with Gasteiger partial charge in [0.25, 0.3) is 0 Å². The molecule has 0 saturated carbocycles. The average molecular weight is 667 g/mol. The molecule has 0 unspecified atom stereocenters. The van der Waals surface area contributed by atoms with Gasteiger partial charge in [-0.2, -0.15) is 0 Å². The zero-order valence-electron chi connectivity index (χ0n) is 27.6. The molecule has 0 aliphatic carbocycles. The van der Waals surface area contributed by atoms with Crippen LogP contribution >= 0.6 is 11.3 Å². The highest BCUT2D eigenvalue weighted by atomic mass is 32.1. The van der Waals surface area contributed by atoms with Gasteiger partial charge in [0.15, 0.2) is 0 Å². The summed E-state index contributed by atoms with van der Waals surface area (Å²) in [7, 11) is 0. The second kappa shape index (κ2) is 11.0. The third-order valence-corrected chi connectivity index (χ3v) is 11.6. The van der Waals surface area contributed by atoms with Crippen LogP contribution in [-0.4, -0.2) is 4.57 Å². The molecule has 0 bridgehead atoms. The van der Waals surface area contributed by atoms with Crippen molar-refractivity contribution < 1.29 is 0 Å². The van der Waals surface area contributed by atoms with Crippen LogP contribution in [0.5, 0.6) is 0 Å². The Bertz CT molecular complexity index is 3150. The molecule has 0 amide bonds. The second-order valence-electron chi connectivity index (χ2n) is 13.3. The highest BCUT2D eigenvalue weighted by Gasteiger charge is 2.22. The molecule has 2 nitrogen and oxygen atoms in total. The Labute approximate surface area is 298 Å². The van der Waals surface area contributed by atoms with E-state index in [2.05, 4.69) is 191 Å². The second-order valence-corrected chi connectivity index (χ2v) is 14.4. The van der Waals surface area contributed by atoms with Crippen molar-refractivity contribution in [3.8, 4) is 5.69 Å². The highest BCUT2D eigenvalue weighted by molar-refractivity contribution is 7.25. The Hall–Kier alpha value is -6.42. The van der Waals surface area contributed by atoms with Gasteiger partial charge >= 0.3 is 0 Å². The van der Waals surface area contributed by atoms with Crippen LogP contribution in [0.25, 0.3) is 80.0 Å². The van der Waals surface area contributed by atoms with E-state index in [1.807, 2.05) is 11.3 Å². The summed E-state index contributed by atoms with van der Waals surface area (Å²) in [6, 6.07) is 66.8. The van der Waals surface area contributed by atoms with E-state index in [9.17, 15) is 0 Å². The van der Waals surface area contributed by atoms with Gasteiger partial charge < -0.3 is 9.47 Å². The topological polar surface area (TPSA) is 8.17 Å². The molecule has 0 N–H and O–H groups in total. The van der Waals surface area contributed by atoms with E-state index in [1.165, 1.54) is 74.3 Å². The SMILES string of the molecule is c1ccc(-n2c3ccccc3c3cccc(N(c4ccc5c(ccc6ccc7ccccc7c65)c4)c4ccc5c(c4)sc4ccccc45)c32)cc1. The zero-order valence-corrected chi connectivity index (χ0v) is 28.4. The summed E-state index contributed by atoms with van der Waals surface area (Å²) < 4.78 is 5.03. The third-order valence-electron chi connectivity index (χ3n) is 10.5. The summed E-state index contributed by atoms with van der Waals surface area (Å²) in [4.78, 5) is 2.47. The Morgan fingerprint density at radius 2 is 1.02 bits per heavy atom. The maximum absolute atomic E-state index is 2.47. The van der Waals surface area contributed by atoms with Crippen molar-refractivity contribution in [2.75, 3.05) is 4.90 Å². The van der Waals surface area contributed by atoms with Crippen LogP contribution in [-0.2, 0) is 0 Å². The number of benzene rings is 9. The number of hydrogen-bond acceptors (Lipinski definition) is 2. The quantitative estimate of drug-likeness (QED) is 0.170. The predicted octanol–water partition coefficient (Wildman–Crippen LogP) is 14.1. The molecule has 51 heavy (non-hydrogen) atoms. The number of thiophene rings is 1. The maximum Gasteiger partial charge on any atom is 0.0782 e. The molecule has 0 aliphatic heterocycles. The first-order valence-corrected chi connectivity index (χ1v) is 18.3. The van der Waals surface area contributed by atoms with E-state index in [1.54, 1.807) is 0 Å². The summed E-state index contributed by atoms with van der Waals surface area (Å²) in [5.74, 6) is 0. The summed E-state index contributed by atoms with van der Waals surface area (Å²) in [5.41, 5.74) is 6.93. The van der Waals surface area contributed by atoms with Gasteiger partial charge in [0.1, 0.15) is 0 Å². The minimum absolute atomic E-state index is 1.12. The number of rotatable bonds is 4. The normalized spacial score (nSPS) is 11.9. The molecule has 238 valence electrons. The molecule has 11 rings (SSSR count). The standard InChI is InChI=1S/C48H30N2S/c1-2-12-34(13-3-1)50-43-18-8-6-15-39(43)42-17-10-19-44(48(42)50)49(36-26-28-41-40-16-7-9-20-45(40)51-46(41)30-36)35-25-27-38-33(29-35)24-23-32-22-21-31-11-4-5-14-37(31)47(32)38/h1-30H. The fraction of sp³-hybridized carbons (Fsp3) is 0. The largest absolute Gasteiger partial charge is 0.308 e. The first-order chi connectivity index (χ1) is 25.3. The van der Waals surface area contributed by atoms with E-state index >= 15 is 0 Å². The minimum atomic E-state index is 1.12. The molecule has 11 aromatic rings. The summed E-state index contributed by atoms with van der Waals surface area (Å²) in [6.45, 7) is 0. The van der Waals surface area contributed by atoms with Gasteiger partial charge in [-0.3, -0.25) is 0 Å². The molecule has 0 aliphatic rings. The van der Waals surface area contributed by atoms with Crippen LogP contribution < -0.4 is 4.90 Å². The number of aromatic nitrogens is 1. The Balaban J connectivity index is 1.23. The van der Waals surface area contributed by atoms with Crippen molar-refractivity contribution in [2.45, 2.75) is 0 Å². The van der Waals surface area contributed by atoms with Gasteiger partial charge in [0.2, 0.25) is 0 Å². The van der Waals surface area contributed by atoms with Crippen LogP contribution in [0.3, 0.4) is 0 Å². The number of hydrogen-bond donors (Lipinski definition) is 0. The first kappa shape index (κ1) is 28.4. The summed E-state index contributed by atoms with van der Waals surface area (Å²) >= 11 is 1.86. The lowest BCUT2D eigenvalue weighted by Crippen LogP contribution is -2.11. The maximum atomic E-state index is 2.47. The lowest BCUT2D eigenvalue weighted by molar-refractivity contribution is 1.17. The monoisotopic (exact) mass is 666 g/mol. The predicted molar refractivity (Wildman–Crippen MR) is 221 cm³/mol. The average Bonchev–Trinajstić information content (AvgIpc) is 3.74. The van der Waals surface area contributed by atoms with E-state index in [-0.39, 0.29) is 0 Å². The van der Waals surface area contributed by atoms with Crippen molar-refractivity contribution in [3.63, 3.8) is 0 Å². The van der Waals surface area contributed by atoms with Crippen LogP contribution in [0.1, 0.15) is 0 Å². The fourth-order valence-corrected chi connectivity index (χ4v) is 9.41. The van der Waals surface area contributed by atoms with Gasteiger partial charge in [-0.15, -0.1) is 11.3 Å². The molecule has 0 spiro atoms. The molecule has 3 heteroatoms. The molecule has 9 aromatic carbocycles. The van der Waals surface area contributed by atoms with E-state index in [0.29, 0.717) is 0 Å². The van der Waals surface area contributed by atoms with Crippen LogP contribution in [0.4, 0.5) is 17.1 Å². The van der Waals surface area contributed by atoms with Gasteiger partial charge in [0, 0.05) is 48.0 Å². The molecule has 0 atom stereocenters. The number of nitrogens with zero attached hydrogens (tertiary/aromatic N) is 2. The van der Waals surface area contributed by atoms with Gasteiger partial charge in [-0.05, 0) is 86.9 Å². The van der Waals surface area contributed by atoms with Crippen LogP contribution in [0, 0.1) is 0 Å². The van der Waals surface area contributed by atoms with Crippen molar-refractivity contribution in [2.24, 2.45) is 0 Å². The number of anilines is 3. The number of para-hydroxylation sites is 3. The first-order valence-electron chi connectivity index (χ1n) is 17.4. The minimum Gasteiger partial charge on any atom is -0.308 e. The molecule has 2 aromatic heterocycles. The molecular formula is C48H30N2S. The molecular weight excluding hydrogens is 637 g/mol. The van der Waals surface area contributed by atoms with Crippen LogP contribution in [0.15, 0.2) is 182 Å². The van der Waals surface area contributed by atoms with Gasteiger partial charge in [0.05, 0.1) is 16.7 Å². The molecule has 2 heterocycles. The van der Waals surface area contributed by atoms with Crippen molar-refractivity contribution in [1.82, 2.24) is 4.57 Å². The summed E-state index contributed by atoms with van der Waals surface area (Å²) in [6.07, 6.45) is 0. The Morgan fingerprint density at radius 1 is 0.392 bits per heavy atom. The van der Waals surface area contributed by atoms with Crippen molar-refractivity contribution in [1.29, 1.82) is 0 Å². The summed E-state index contributed by atoms with van der Waals surface area (Å²) in [5, 5.41) is 12.7. The van der Waals surface area contributed by atoms with Crippen molar-refractivity contribution >= 4 is 103 Å². The van der Waals surface area contributed by atoms with Crippen molar-refractivity contribution in [3.05, 3.63) is 182 Å². The van der Waals surface area contributed by atoms with E-state index < -0.39 is 0 Å². The smallest absolute Gasteiger partial charge is 0.0782 e. The molecule has 0 radical (unpaired) electrons. The Morgan fingerprint density at radius 3 is 1.90 bits per heavy atom. The third kappa shape index (κ3) is 4.29.